The van der Waals surface area contributed by atoms with Crippen LogP contribution >= 0.6 is 0 Å². The highest BCUT2D eigenvalue weighted by molar-refractivity contribution is 5.76. The van der Waals surface area contributed by atoms with Crippen LogP contribution in [0.2, 0.25) is 0 Å². The van der Waals surface area contributed by atoms with E-state index < -0.39 is 5.60 Å². The molecule has 1 atom stereocenters. The van der Waals surface area contributed by atoms with Crippen LogP contribution in [0.15, 0.2) is 18.2 Å². The van der Waals surface area contributed by atoms with E-state index in [0.29, 0.717) is 18.6 Å². The van der Waals surface area contributed by atoms with Gasteiger partial charge < -0.3 is 14.7 Å². The minimum atomic E-state index is -0.499. The maximum Gasteiger partial charge on any atom is 0.410 e. The first-order chi connectivity index (χ1) is 10.8. The van der Waals surface area contributed by atoms with Crippen LogP contribution in [0.3, 0.4) is 0 Å². The average molecular weight is 318 g/mol. The van der Waals surface area contributed by atoms with Gasteiger partial charge in [-0.25, -0.2) is 9.48 Å². The zero-order valence-electron chi connectivity index (χ0n) is 13.7. The van der Waals surface area contributed by atoms with Crippen molar-refractivity contribution in [3.8, 4) is 5.75 Å². The van der Waals surface area contributed by atoms with E-state index >= 15 is 0 Å². The van der Waals surface area contributed by atoms with Gasteiger partial charge in [0.15, 0.2) is 0 Å². The minimum absolute atomic E-state index is 0.0609. The Bertz CT molecular complexity index is 720. The smallest absolute Gasteiger partial charge is 0.410 e. The summed E-state index contributed by atoms with van der Waals surface area (Å²) in [5.41, 5.74) is 1.01. The Hall–Kier alpha value is -2.31. The molecule has 124 valence electrons. The number of carbonyl (C=O) groups is 1. The molecule has 0 aliphatic carbocycles. The molecule has 1 N–H and O–H groups in total. The first kappa shape index (κ1) is 15.6. The molecule has 1 amide bonds. The number of amides is 1. The van der Waals surface area contributed by atoms with Crippen LogP contribution in [-0.4, -0.2) is 49.8 Å². The Balaban J connectivity index is 1.79. The number of carbonyl (C=O) groups excluding carboxylic acids is 1. The second kappa shape index (κ2) is 5.72. The molecule has 1 aliphatic heterocycles. The largest absolute Gasteiger partial charge is 0.508 e. The van der Waals surface area contributed by atoms with Crippen molar-refractivity contribution in [3.63, 3.8) is 0 Å². The van der Waals surface area contributed by atoms with Crippen LogP contribution in [0.1, 0.15) is 39.7 Å². The van der Waals surface area contributed by atoms with Gasteiger partial charge in [-0.05, 0) is 45.7 Å². The topological polar surface area (TPSA) is 80.5 Å². The second-order valence-corrected chi connectivity index (χ2v) is 6.93. The quantitative estimate of drug-likeness (QED) is 0.874. The van der Waals surface area contributed by atoms with Crippen molar-refractivity contribution in [2.75, 3.05) is 13.1 Å². The first-order valence-electron chi connectivity index (χ1n) is 7.85. The zero-order valence-corrected chi connectivity index (χ0v) is 13.7. The van der Waals surface area contributed by atoms with Gasteiger partial charge in [-0.2, -0.15) is 0 Å². The number of ether oxygens (including phenoxy) is 1. The predicted octanol–water partition coefficient (Wildman–Crippen LogP) is 2.71. The third-order valence-corrected chi connectivity index (χ3v) is 3.85. The van der Waals surface area contributed by atoms with Gasteiger partial charge in [-0.15, -0.1) is 5.10 Å². The normalized spacial score (nSPS) is 19.1. The Morgan fingerprint density at radius 1 is 1.39 bits per heavy atom. The molecule has 0 spiro atoms. The molecule has 3 rings (SSSR count). The zero-order chi connectivity index (χ0) is 16.6. The fourth-order valence-electron chi connectivity index (χ4n) is 2.85. The number of nitrogens with zero attached hydrogens (tertiary/aromatic N) is 4. The van der Waals surface area contributed by atoms with Crippen LogP contribution in [0.25, 0.3) is 11.0 Å². The van der Waals surface area contributed by atoms with E-state index in [1.165, 1.54) is 0 Å². The minimum Gasteiger partial charge on any atom is -0.508 e. The van der Waals surface area contributed by atoms with E-state index in [0.717, 1.165) is 18.4 Å². The van der Waals surface area contributed by atoms with Gasteiger partial charge in [0.05, 0.1) is 11.6 Å². The molecule has 0 saturated carbocycles. The van der Waals surface area contributed by atoms with E-state index in [1.807, 2.05) is 25.5 Å². The molecule has 0 radical (unpaired) electrons. The molecule has 1 saturated heterocycles. The lowest BCUT2D eigenvalue weighted by Crippen LogP contribution is -2.43. The highest BCUT2D eigenvalue weighted by Crippen LogP contribution is 2.26. The number of hydrogen-bond donors (Lipinski definition) is 1. The van der Waals surface area contributed by atoms with Crippen molar-refractivity contribution in [3.05, 3.63) is 18.2 Å². The summed E-state index contributed by atoms with van der Waals surface area (Å²) in [6, 6.07) is 5.08. The maximum absolute atomic E-state index is 12.3. The number of fused-ring (bicyclic) bond motifs is 1. The van der Waals surface area contributed by atoms with E-state index in [1.54, 1.807) is 23.1 Å². The third-order valence-electron chi connectivity index (χ3n) is 3.85. The van der Waals surface area contributed by atoms with Crippen molar-refractivity contribution in [2.24, 2.45) is 0 Å². The van der Waals surface area contributed by atoms with Crippen molar-refractivity contribution < 1.29 is 14.6 Å². The van der Waals surface area contributed by atoms with Gasteiger partial charge in [0.2, 0.25) is 0 Å². The van der Waals surface area contributed by atoms with Crippen LogP contribution < -0.4 is 0 Å². The molecule has 7 heteroatoms. The van der Waals surface area contributed by atoms with Gasteiger partial charge in [0.25, 0.3) is 0 Å². The number of phenolic OH excluding ortho intramolecular Hbond substituents is 1. The number of hydrogen-bond acceptors (Lipinski definition) is 5. The Kier molecular flexibility index (Phi) is 3.87. The van der Waals surface area contributed by atoms with Gasteiger partial charge in [0, 0.05) is 19.2 Å². The number of piperidine rings is 1. The molecule has 0 bridgehead atoms. The highest BCUT2D eigenvalue weighted by atomic mass is 16.6. The SMILES string of the molecule is CC(C)(C)OC(=O)N1CCCC(n2nnc3cc(O)ccc32)C1. The van der Waals surface area contributed by atoms with Gasteiger partial charge in [-0.3, -0.25) is 0 Å². The molecule has 23 heavy (non-hydrogen) atoms. The predicted molar refractivity (Wildman–Crippen MR) is 85.3 cm³/mol. The molecular weight excluding hydrogens is 296 g/mol. The molecule has 1 fully saturated rings. The number of likely N-dealkylation sites (tertiary alicyclic amines) is 1. The number of benzene rings is 1. The van der Waals surface area contributed by atoms with Crippen molar-refractivity contribution in [1.82, 2.24) is 19.9 Å². The lowest BCUT2D eigenvalue weighted by atomic mass is 10.1. The summed E-state index contributed by atoms with van der Waals surface area (Å²) in [6.07, 6.45) is 1.53. The second-order valence-electron chi connectivity index (χ2n) is 6.93. The summed E-state index contributed by atoms with van der Waals surface area (Å²) in [7, 11) is 0. The number of aromatic hydroxyl groups is 1. The average Bonchev–Trinajstić information content (AvgIpc) is 2.88. The fraction of sp³-hybridized carbons (Fsp3) is 0.562. The van der Waals surface area contributed by atoms with Crippen LogP contribution in [0, 0.1) is 0 Å². The summed E-state index contributed by atoms with van der Waals surface area (Å²) in [6.45, 7) is 6.84. The summed E-state index contributed by atoms with van der Waals surface area (Å²) in [4.78, 5) is 14.0. The number of aromatic nitrogens is 3. The van der Waals surface area contributed by atoms with Crippen molar-refractivity contribution in [1.29, 1.82) is 0 Å². The van der Waals surface area contributed by atoms with Crippen molar-refractivity contribution in [2.45, 2.75) is 45.3 Å². The highest BCUT2D eigenvalue weighted by Gasteiger charge is 2.29. The summed E-state index contributed by atoms with van der Waals surface area (Å²) in [5, 5.41) is 17.8. The van der Waals surface area contributed by atoms with Gasteiger partial charge >= 0.3 is 6.09 Å². The Labute approximate surface area is 134 Å². The first-order valence-corrected chi connectivity index (χ1v) is 7.85. The maximum atomic E-state index is 12.3. The standard InChI is InChI=1S/C16H22N4O3/c1-16(2,3)23-15(22)19-8-4-5-11(10-19)20-14-7-6-12(21)9-13(14)17-18-20/h6-7,9,11,21H,4-5,8,10H2,1-3H3. The Morgan fingerprint density at radius 2 is 2.17 bits per heavy atom. The number of rotatable bonds is 1. The molecule has 7 nitrogen and oxygen atoms in total. The molecule has 1 aromatic heterocycles. The Morgan fingerprint density at radius 3 is 2.91 bits per heavy atom. The lowest BCUT2D eigenvalue weighted by molar-refractivity contribution is 0.0168. The molecule has 1 aliphatic rings. The summed E-state index contributed by atoms with van der Waals surface area (Å²) < 4.78 is 7.29. The molecule has 2 heterocycles. The van der Waals surface area contributed by atoms with E-state index in [-0.39, 0.29) is 17.9 Å². The third kappa shape index (κ3) is 3.38. The van der Waals surface area contributed by atoms with Gasteiger partial charge in [0.1, 0.15) is 16.9 Å². The van der Waals surface area contributed by atoms with Crippen LogP contribution in [-0.2, 0) is 4.74 Å². The van der Waals surface area contributed by atoms with Crippen molar-refractivity contribution >= 4 is 17.1 Å². The van der Waals surface area contributed by atoms with Crippen LogP contribution in [0.5, 0.6) is 5.75 Å². The molecule has 1 aromatic carbocycles. The number of phenols is 1. The monoisotopic (exact) mass is 318 g/mol. The molecular formula is C16H22N4O3. The fourth-order valence-corrected chi connectivity index (χ4v) is 2.85. The van der Waals surface area contributed by atoms with E-state index in [4.69, 9.17) is 4.74 Å². The van der Waals surface area contributed by atoms with Gasteiger partial charge in [-0.1, -0.05) is 5.21 Å². The molecule has 2 aromatic rings. The van der Waals surface area contributed by atoms with E-state index in [2.05, 4.69) is 10.3 Å². The molecule has 1 unspecified atom stereocenters. The van der Waals surface area contributed by atoms with E-state index in [9.17, 15) is 9.90 Å². The van der Waals surface area contributed by atoms with Crippen LogP contribution in [0.4, 0.5) is 4.79 Å². The summed E-state index contributed by atoms with van der Waals surface area (Å²) >= 11 is 0. The lowest BCUT2D eigenvalue weighted by Gasteiger charge is -2.34. The summed E-state index contributed by atoms with van der Waals surface area (Å²) in [5.74, 6) is 0.170.